The Morgan fingerprint density at radius 2 is 0.985 bits per heavy atom. The summed E-state index contributed by atoms with van der Waals surface area (Å²) in [5.74, 6) is -7.33. The van der Waals surface area contributed by atoms with Crippen LogP contribution >= 0.6 is 47.0 Å². The molecule has 2 N–H and O–H groups in total. The van der Waals surface area contributed by atoms with E-state index in [1.807, 2.05) is 13.8 Å². The number of fused-ring (bicyclic) bond motifs is 2. The van der Waals surface area contributed by atoms with Gasteiger partial charge in [-0.3, -0.25) is 33.6 Å². The zero-order valence-corrected chi connectivity index (χ0v) is 39.3. The topological polar surface area (TPSA) is 265 Å². The molecule has 1 fully saturated rings. The van der Waals surface area contributed by atoms with Crippen LogP contribution in [0.5, 0.6) is 11.5 Å². The Bertz CT molecular complexity index is 2170. The fraction of sp³-hybridized carbons (Fsp3) is 0.429. The van der Waals surface area contributed by atoms with E-state index in [4.69, 9.17) is 34.2 Å². The van der Waals surface area contributed by atoms with Crippen molar-refractivity contribution >= 4 is 101 Å². The van der Waals surface area contributed by atoms with Gasteiger partial charge in [0, 0.05) is 24.2 Å². The summed E-state index contributed by atoms with van der Waals surface area (Å²) in [6, 6.07) is 1.76. The Morgan fingerprint density at radius 3 is 1.34 bits per heavy atom. The van der Waals surface area contributed by atoms with Crippen molar-refractivity contribution in [2.75, 3.05) is 39.5 Å². The fourth-order valence-corrected chi connectivity index (χ4v) is 10.9. The van der Waals surface area contributed by atoms with Gasteiger partial charge >= 0.3 is 35.8 Å². The highest BCUT2D eigenvalue weighted by Crippen LogP contribution is 2.68. The predicted molar refractivity (Wildman–Crippen MR) is 235 cm³/mol. The molecule has 4 rings (SSSR count). The lowest BCUT2D eigenvalue weighted by Crippen LogP contribution is -2.42. The molecule has 1 aromatic rings. The smallest absolute Gasteiger partial charge is 0.333 e. The number of ether oxygens (including phenoxy) is 6. The summed E-state index contributed by atoms with van der Waals surface area (Å²) in [4.78, 5) is 116. The summed E-state index contributed by atoms with van der Waals surface area (Å²) in [6.07, 6.45) is 0.793. The predicted octanol–water partition coefficient (Wildman–Crippen LogP) is 5.40. The Kier molecular flexibility index (Phi) is 19.6. The van der Waals surface area contributed by atoms with E-state index in [0.717, 1.165) is 59.9 Å². The molecule has 3 amide bonds. The lowest BCUT2D eigenvalue weighted by atomic mass is 10.3. The SMILES string of the molecule is C=C(C)C(=O)OCCOC(=O)CCC(=O)Oc1c2c(c(OC(=O)CCC(=O)OCCOC(=O)C(=C)C)c3c1SC(=C1C(=O)N(CCCC)N(CCCC)C1=O)S3)SC(=C(C#N)C(N)=O)S2. The second-order valence-corrected chi connectivity index (χ2v) is 18.6. The molecule has 0 radical (unpaired) electrons. The lowest BCUT2D eigenvalue weighted by Gasteiger charge is -2.27. The zero-order valence-electron chi connectivity index (χ0n) is 36.0. The maximum Gasteiger partial charge on any atom is 0.333 e. The first-order valence-corrected chi connectivity index (χ1v) is 23.4. The highest BCUT2D eigenvalue weighted by Gasteiger charge is 2.46. The van der Waals surface area contributed by atoms with Crippen molar-refractivity contribution in [3.05, 3.63) is 43.9 Å². The number of hydrogen-bond donors (Lipinski definition) is 1. The molecule has 1 saturated heterocycles. The van der Waals surface area contributed by atoms with Gasteiger partial charge in [-0.25, -0.2) is 19.6 Å². The quantitative estimate of drug-likeness (QED) is 0.0274. The second-order valence-electron chi connectivity index (χ2n) is 14.0. The maximum absolute atomic E-state index is 14.1. The van der Waals surface area contributed by atoms with Gasteiger partial charge in [0.1, 0.15) is 43.6 Å². The summed E-state index contributed by atoms with van der Waals surface area (Å²) in [5.41, 5.74) is 5.22. The molecule has 0 atom stereocenters. The lowest BCUT2D eigenvalue weighted by molar-refractivity contribution is -0.151. The van der Waals surface area contributed by atoms with E-state index in [0.29, 0.717) is 12.8 Å². The van der Waals surface area contributed by atoms with Crippen LogP contribution in [-0.2, 0) is 62.1 Å². The first-order valence-electron chi connectivity index (χ1n) is 20.1. The minimum Gasteiger partial charge on any atom is -0.462 e. The van der Waals surface area contributed by atoms with Crippen LogP contribution in [0.15, 0.2) is 63.5 Å². The number of nitriles is 1. The number of unbranched alkanes of at least 4 members (excludes halogenated alkanes) is 2. The van der Waals surface area contributed by atoms with E-state index in [1.165, 1.54) is 23.9 Å². The van der Waals surface area contributed by atoms with Gasteiger partial charge in [0.25, 0.3) is 17.7 Å². The Labute approximate surface area is 391 Å². The second kappa shape index (κ2) is 24.6. The third-order valence-electron chi connectivity index (χ3n) is 8.77. The minimum absolute atomic E-state index is 0.0491. The summed E-state index contributed by atoms with van der Waals surface area (Å²) >= 11 is 3.41. The Hall–Kier alpha value is -5.70. The molecule has 23 heteroatoms. The van der Waals surface area contributed by atoms with Crippen molar-refractivity contribution in [3.8, 4) is 17.6 Å². The highest BCUT2D eigenvalue weighted by atomic mass is 32.2. The van der Waals surface area contributed by atoms with Gasteiger partial charge < -0.3 is 34.2 Å². The van der Waals surface area contributed by atoms with Crippen LogP contribution in [0.25, 0.3) is 0 Å². The van der Waals surface area contributed by atoms with Gasteiger partial charge in [-0.05, 0) is 26.7 Å². The van der Waals surface area contributed by atoms with Crippen molar-refractivity contribution in [1.82, 2.24) is 10.0 Å². The number of benzene rings is 1. The van der Waals surface area contributed by atoms with Crippen molar-refractivity contribution in [3.63, 3.8) is 0 Å². The average Bonchev–Trinajstić information content (AvgIpc) is 3.95. The molecule has 65 heavy (non-hydrogen) atoms. The van der Waals surface area contributed by atoms with Crippen molar-refractivity contribution in [2.24, 2.45) is 5.73 Å². The van der Waals surface area contributed by atoms with E-state index in [-0.39, 0.29) is 95.8 Å². The molecule has 0 aliphatic carbocycles. The van der Waals surface area contributed by atoms with Gasteiger partial charge in [-0.1, -0.05) is 86.9 Å². The number of nitrogens with zero attached hydrogens (tertiary/aromatic N) is 3. The Balaban J connectivity index is 1.72. The molecule has 0 spiro atoms. The zero-order chi connectivity index (χ0) is 48.0. The van der Waals surface area contributed by atoms with Crippen LogP contribution in [0.1, 0.15) is 79.1 Å². The van der Waals surface area contributed by atoms with E-state index in [9.17, 15) is 48.4 Å². The normalized spacial score (nSPS) is 13.7. The summed E-state index contributed by atoms with van der Waals surface area (Å²) < 4.78 is 32.0. The number of carbonyl (C=O) groups excluding carboxylic acids is 9. The van der Waals surface area contributed by atoms with E-state index >= 15 is 0 Å². The van der Waals surface area contributed by atoms with Gasteiger partial charge in [0.05, 0.1) is 53.7 Å². The van der Waals surface area contributed by atoms with E-state index in [2.05, 4.69) is 13.2 Å². The van der Waals surface area contributed by atoms with Crippen LogP contribution in [0.3, 0.4) is 0 Å². The number of nitrogens with two attached hydrogens (primary N) is 1. The van der Waals surface area contributed by atoms with Gasteiger partial charge in [-0.2, -0.15) is 5.26 Å². The third-order valence-corrected chi connectivity index (χ3v) is 14.0. The third kappa shape index (κ3) is 13.7. The monoisotopic (exact) mass is 974 g/mol. The van der Waals surface area contributed by atoms with Crippen LogP contribution in [0, 0.1) is 11.3 Å². The first-order chi connectivity index (χ1) is 30.9. The van der Waals surface area contributed by atoms with Crippen LogP contribution in [0.4, 0.5) is 0 Å². The van der Waals surface area contributed by atoms with Gasteiger partial charge in [-0.15, -0.1) is 0 Å². The van der Waals surface area contributed by atoms with Crippen LogP contribution < -0.4 is 15.2 Å². The molecule has 3 aliphatic rings. The van der Waals surface area contributed by atoms with E-state index in [1.54, 1.807) is 6.07 Å². The molecule has 1 aromatic carbocycles. The van der Waals surface area contributed by atoms with Gasteiger partial charge in [0.2, 0.25) is 0 Å². The number of amides is 3. The van der Waals surface area contributed by atoms with Crippen molar-refractivity contribution < 1.29 is 71.6 Å². The van der Waals surface area contributed by atoms with Crippen molar-refractivity contribution in [1.29, 1.82) is 5.26 Å². The van der Waals surface area contributed by atoms with Crippen molar-refractivity contribution in [2.45, 2.75) is 98.6 Å². The summed E-state index contributed by atoms with van der Waals surface area (Å²) in [6.45, 7) is 13.2. The first kappa shape index (κ1) is 51.9. The highest BCUT2D eigenvalue weighted by molar-refractivity contribution is 8.26. The number of hydrogen-bond acceptors (Lipinski definition) is 20. The molecule has 0 unspecified atom stereocenters. The molecule has 3 aliphatic heterocycles. The van der Waals surface area contributed by atoms with Crippen LogP contribution in [-0.4, -0.2) is 103 Å². The molecule has 19 nitrogen and oxygen atoms in total. The number of rotatable bonds is 23. The molecule has 0 saturated carbocycles. The molecule has 0 bridgehead atoms. The summed E-state index contributed by atoms with van der Waals surface area (Å²) in [7, 11) is 0. The molecular weight excluding hydrogens is 929 g/mol. The number of primary amides is 1. The maximum atomic E-state index is 14.1. The number of esters is 6. The summed E-state index contributed by atoms with van der Waals surface area (Å²) in [5, 5.41) is 12.7. The van der Waals surface area contributed by atoms with Crippen LogP contribution in [0.2, 0.25) is 0 Å². The average molecular weight is 975 g/mol. The molecule has 0 aromatic heterocycles. The van der Waals surface area contributed by atoms with E-state index < -0.39 is 84.8 Å². The molecule has 3 heterocycles. The number of thioether (sulfide) groups is 4. The largest absolute Gasteiger partial charge is 0.462 e. The standard InChI is InChI=1S/C42H46N4O15S4/c1-7-9-15-45-37(52)29(38(53)46(45)16-10-8-2)42-64-34-30(60-27(49)13-11-25(47)56-17-19-58-39(54)22(3)4)32-33(63-41(62-32)24(21-43)36(44)51)31(35(34)65-42)61-28(50)14-12-26(48)57-18-20-59-40(55)23(5)6/h3,5,7-20H2,1-2,4,6H3,(H2,44,51). The van der Waals surface area contributed by atoms with Gasteiger partial charge in [0.15, 0.2) is 11.5 Å². The fourth-order valence-electron chi connectivity index (χ4n) is 5.50. The molecule has 348 valence electrons. The number of hydrazine groups is 1. The Morgan fingerprint density at radius 1 is 0.615 bits per heavy atom. The number of carbonyl (C=O) groups is 9. The molecular formula is C42H46N4O15S4. The minimum atomic E-state index is -1.07.